The molecule has 0 amide bonds. The van der Waals surface area contributed by atoms with Crippen molar-refractivity contribution in [3.8, 4) is 0 Å². The Balaban J connectivity index is 3.89. The molecule has 1 nitrogen and oxygen atoms in total. The predicted octanol–water partition coefficient (Wildman–Crippen LogP) is 2.57. The van der Waals surface area contributed by atoms with Gasteiger partial charge in [0.25, 0.3) is 0 Å². The van der Waals surface area contributed by atoms with Crippen LogP contribution in [0.3, 0.4) is 0 Å². The molecule has 62 valence electrons. The van der Waals surface area contributed by atoms with Gasteiger partial charge in [0, 0.05) is 10.9 Å². The zero-order valence-corrected chi connectivity index (χ0v) is 8.83. The molecule has 10 heavy (non-hydrogen) atoms. The monoisotopic (exact) mass is 208 g/mol. The molecule has 0 aromatic rings. The molecule has 0 bridgehead atoms. The Labute approximate surface area is 72.0 Å². The van der Waals surface area contributed by atoms with Crippen molar-refractivity contribution in [2.45, 2.75) is 38.4 Å². The van der Waals surface area contributed by atoms with Gasteiger partial charge in [0.15, 0.2) is 0 Å². The van der Waals surface area contributed by atoms with Crippen molar-refractivity contribution in [1.29, 1.82) is 0 Å². The zero-order chi connectivity index (χ0) is 8.41. The van der Waals surface area contributed by atoms with Crippen molar-refractivity contribution in [2.24, 2.45) is 5.41 Å². The second kappa shape index (κ2) is 3.22. The van der Waals surface area contributed by atoms with Crippen LogP contribution in [0.1, 0.15) is 34.1 Å². The van der Waals surface area contributed by atoms with Crippen LogP contribution in [0.4, 0.5) is 0 Å². The maximum Gasteiger partial charge on any atom is 0.0482 e. The third-order valence-electron chi connectivity index (χ3n) is 1.33. The minimum atomic E-state index is 0.0347. The largest absolute Gasteiger partial charge is 0.396 e. The summed E-state index contributed by atoms with van der Waals surface area (Å²) in [6.45, 7) is 8.61. The van der Waals surface area contributed by atoms with E-state index in [0.717, 1.165) is 6.42 Å². The number of hydrogen-bond donors (Lipinski definition) is 1. The average molecular weight is 209 g/mol. The fourth-order valence-electron chi connectivity index (χ4n) is 1.19. The minimum absolute atomic E-state index is 0.0347. The molecule has 0 rings (SSSR count). The summed E-state index contributed by atoms with van der Waals surface area (Å²) in [7, 11) is 0. The van der Waals surface area contributed by atoms with E-state index < -0.39 is 0 Å². The Morgan fingerprint density at radius 3 is 1.70 bits per heavy atom. The summed E-state index contributed by atoms with van der Waals surface area (Å²) in [5.41, 5.74) is 0.0347. The van der Waals surface area contributed by atoms with Crippen molar-refractivity contribution in [3.63, 3.8) is 0 Å². The standard InChI is InChI=1S/C8H17BrO/c1-7(2,6-10)5-8(3,4)9/h10H,5-6H2,1-4H3. The Hall–Kier alpha value is 0.440. The molecule has 0 heterocycles. The number of aliphatic hydroxyl groups excluding tert-OH is 1. The highest BCUT2D eigenvalue weighted by Gasteiger charge is 2.25. The van der Waals surface area contributed by atoms with Gasteiger partial charge in [-0.2, -0.15) is 0 Å². The Bertz CT molecular complexity index is 102. The lowest BCUT2D eigenvalue weighted by molar-refractivity contribution is 0.142. The third kappa shape index (κ3) is 5.24. The first-order chi connectivity index (χ1) is 4.27. The Morgan fingerprint density at radius 2 is 1.60 bits per heavy atom. The van der Waals surface area contributed by atoms with E-state index in [0.29, 0.717) is 0 Å². The second-order valence-electron chi connectivity index (χ2n) is 4.22. The van der Waals surface area contributed by atoms with Crippen molar-refractivity contribution < 1.29 is 5.11 Å². The van der Waals surface area contributed by atoms with E-state index in [9.17, 15) is 0 Å². The van der Waals surface area contributed by atoms with E-state index in [4.69, 9.17) is 5.11 Å². The molecule has 0 aliphatic heterocycles. The van der Waals surface area contributed by atoms with Gasteiger partial charge in [-0.15, -0.1) is 0 Å². The van der Waals surface area contributed by atoms with Gasteiger partial charge in [0.1, 0.15) is 0 Å². The first kappa shape index (κ1) is 10.4. The van der Waals surface area contributed by atoms with Crippen LogP contribution in [0.15, 0.2) is 0 Å². The van der Waals surface area contributed by atoms with Crippen molar-refractivity contribution >= 4 is 15.9 Å². The van der Waals surface area contributed by atoms with Crippen molar-refractivity contribution in [1.82, 2.24) is 0 Å². The number of aliphatic hydroxyl groups is 1. The van der Waals surface area contributed by atoms with E-state index in [-0.39, 0.29) is 16.3 Å². The van der Waals surface area contributed by atoms with Gasteiger partial charge in [-0.3, -0.25) is 0 Å². The van der Waals surface area contributed by atoms with Gasteiger partial charge in [-0.1, -0.05) is 43.6 Å². The summed E-state index contributed by atoms with van der Waals surface area (Å²) < 4.78 is 0.138. The van der Waals surface area contributed by atoms with Gasteiger partial charge in [-0.05, 0) is 11.8 Å². The smallest absolute Gasteiger partial charge is 0.0482 e. The maximum absolute atomic E-state index is 8.94. The van der Waals surface area contributed by atoms with Gasteiger partial charge in [0.05, 0.1) is 0 Å². The van der Waals surface area contributed by atoms with Crippen LogP contribution in [0.25, 0.3) is 0 Å². The third-order valence-corrected chi connectivity index (χ3v) is 1.61. The van der Waals surface area contributed by atoms with Crippen LogP contribution in [-0.2, 0) is 0 Å². The number of hydrogen-bond acceptors (Lipinski definition) is 1. The minimum Gasteiger partial charge on any atom is -0.396 e. The molecule has 0 aliphatic rings. The number of alkyl halides is 1. The predicted molar refractivity (Wildman–Crippen MR) is 48.5 cm³/mol. The van der Waals surface area contributed by atoms with E-state index in [1.807, 2.05) is 0 Å². The normalized spacial score (nSPS) is 13.8. The molecule has 0 radical (unpaired) electrons. The molecular formula is C8H17BrO. The first-order valence-electron chi connectivity index (χ1n) is 3.57. The van der Waals surface area contributed by atoms with E-state index in [2.05, 4.69) is 43.6 Å². The van der Waals surface area contributed by atoms with Crippen LogP contribution in [-0.4, -0.2) is 16.0 Å². The van der Waals surface area contributed by atoms with Crippen LogP contribution in [0.5, 0.6) is 0 Å². The molecule has 1 N–H and O–H groups in total. The summed E-state index contributed by atoms with van der Waals surface area (Å²) in [5.74, 6) is 0. The van der Waals surface area contributed by atoms with E-state index >= 15 is 0 Å². The van der Waals surface area contributed by atoms with Gasteiger partial charge >= 0.3 is 0 Å². The lowest BCUT2D eigenvalue weighted by Gasteiger charge is -2.28. The lowest BCUT2D eigenvalue weighted by Crippen LogP contribution is -2.26. The van der Waals surface area contributed by atoms with E-state index in [1.54, 1.807) is 0 Å². The molecular weight excluding hydrogens is 192 g/mol. The number of halogens is 1. The van der Waals surface area contributed by atoms with Crippen LogP contribution < -0.4 is 0 Å². The van der Waals surface area contributed by atoms with Crippen LogP contribution in [0, 0.1) is 5.41 Å². The maximum atomic E-state index is 8.94. The highest BCUT2D eigenvalue weighted by Crippen LogP contribution is 2.32. The molecule has 0 atom stereocenters. The molecule has 0 aromatic carbocycles. The SMILES string of the molecule is CC(C)(Br)CC(C)(C)CO. The number of rotatable bonds is 3. The fraction of sp³-hybridized carbons (Fsp3) is 1.00. The summed E-state index contributed by atoms with van der Waals surface area (Å²) in [4.78, 5) is 0. The molecule has 0 aromatic heterocycles. The van der Waals surface area contributed by atoms with Crippen LogP contribution >= 0.6 is 15.9 Å². The highest BCUT2D eigenvalue weighted by atomic mass is 79.9. The van der Waals surface area contributed by atoms with Crippen LogP contribution in [0.2, 0.25) is 0 Å². The second-order valence-corrected chi connectivity index (χ2v) is 6.36. The first-order valence-corrected chi connectivity index (χ1v) is 4.36. The molecule has 2 heteroatoms. The molecule has 0 unspecified atom stereocenters. The average Bonchev–Trinajstić information content (AvgIpc) is 1.60. The lowest BCUT2D eigenvalue weighted by atomic mass is 9.85. The molecule has 0 aliphatic carbocycles. The van der Waals surface area contributed by atoms with Gasteiger partial charge < -0.3 is 5.11 Å². The quantitative estimate of drug-likeness (QED) is 0.708. The fourth-order valence-corrected chi connectivity index (χ4v) is 1.95. The molecule has 0 saturated carbocycles. The summed E-state index contributed by atoms with van der Waals surface area (Å²) in [6.07, 6.45) is 0.983. The van der Waals surface area contributed by atoms with Gasteiger partial charge in [-0.25, -0.2) is 0 Å². The van der Waals surface area contributed by atoms with Gasteiger partial charge in [0.2, 0.25) is 0 Å². The highest BCUT2D eigenvalue weighted by molar-refractivity contribution is 9.10. The summed E-state index contributed by atoms with van der Waals surface area (Å²) in [6, 6.07) is 0. The van der Waals surface area contributed by atoms with Crippen molar-refractivity contribution in [2.75, 3.05) is 6.61 Å². The Kier molecular flexibility index (Phi) is 3.37. The molecule has 0 saturated heterocycles. The van der Waals surface area contributed by atoms with Crippen molar-refractivity contribution in [3.05, 3.63) is 0 Å². The summed E-state index contributed by atoms with van der Waals surface area (Å²) in [5, 5.41) is 8.94. The zero-order valence-electron chi connectivity index (χ0n) is 7.24. The van der Waals surface area contributed by atoms with E-state index in [1.165, 1.54) is 0 Å². The summed E-state index contributed by atoms with van der Waals surface area (Å²) >= 11 is 3.54. The molecule has 0 fully saturated rings. The topological polar surface area (TPSA) is 20.2 Å². The Morgan fingerprint density at radius 1 is 1.20 bits per heavy atom. The molecule has 0 spiro atoms.